The highest BCUT2D eigenvalue weighted by atomic mass is 13.9. The van der Waals surface area contributed by atoms with E-state index in [4.69, 9.17) is 0 Å². The summed E-state index contributed by atoms with van der Waals surface area (Å²) in [5, 5.41) is 0. The SMILES string of the molecule is CCC[CH+]CCC. The monoisotopic (exact) mass is 99.1 g/mol. The number of rotatable bonds is 4. The van der Waals surface area contributed by atoms with Gasteiger partial charge in [0.15, 0.2) is 0 Å². The lowest BCUT2D eigenvalue weighted by molar-refractivity contribution is 0.796. The minimum absolute atomic E-state index is 1.30. The smallest absolute Gasteiger partial charge is 0.0613 e. The van der Waals surface area contributed by atoms with Gasteiger partial charge in [-0.15, -0.1) is 0 Å². The first kappa shape index (κ1) is 6.87. The molecule has 0 N–H and O–H groups in total. The number of hydrogen-bond acceptors (Lipinski definition) is 0. The van der Waals surface area contributed by atoms with E-state index in [1.807, 2.05) is 0 Å². The second-order valence-electron chi connectivity index (χ2n) is 1.87. The fraction of sp³-hybridized carbons (Fsp3) is 0.857. The fourth-order valence-electron chi connectivity index (χ4n) is 0.553. The van der Waals surface area contributed by atoms with Gasteiger partial charge in [-0.1, -0.05) is 13.8 Å². The van der Waals surface area contributed by atoms with Gasteiger partial charge in [0.05, 0.1) is 19.3 Å². The fourth-order valence-corrected chi connectivity index (χ4v) is 0.553. The van der Waals surface area contributed by atoms with Gasteiger partial charge in [-0.05, 0) is 12.8 Å². The molecule has 0 radical (unpaired) electrons. The van der Waals surface area contributed by atoms with Crippen molar-refractivity contribution in [2.24, 2.45) is 0 Å². The Balaban J connectivity index is 2.45. The lowest BCUT2D eigenvalue weighted by Crippen LogP contribution is -1.72. The van der Waals surface area contributed by atoms with E-state index >= 15 is 0 Å². The second kappa shape index (κ2) is 5.87. The minimum Gasteiger partial charge on any atom is -0.0613 e. The van der Waals surface area contributed by atoms with Crippen LogP contribution in [0.3, 0.4) is 0 Å². The van der Waals surface area contributed by atoms with Crippen molar-refractivity contribution in [1.82, 2.24) is 0 Å². The van der Waals surface area contributed by atoms with Crippen molar-refractivity contribution in [1.29, 1.82) is 0 Å². The van der Waals surface area contributed by atoms with Crippen LogP contribution in [0.25, 0.3) is 0 Å². The van der Waals surface area contributed by atoms with Crippen molar-refractivity contribution >= 4 is 0 Å². The van der Waals surface area contributed by atoms with Crippen LogP contribution < -0.4 is 0 Å². The van der Waals surface area contributed by atoms with E-state index in [0.29, 0.717) is 0 Å². The zero-order valence-electron chi connectivity index (χ0n) is 5.41. The molecule has 0 heteroatoms. The van der Waals surface area contributed by atoms with Crippen LogP contribution in [0.5, 0.6) is 0 Å². The maximum absolute atomic E-state index is 2.36. The molecule has 42 valence electrons. The van der Waals surface area contributed by atoms with E-state index in [-0.39, 0.29) is 0 Å². The molecule has 7 heavy (non-hydrogen) atoms. The molecular formula is C7H15+. The molecular weight excluding hydrogens is 84.1 g/mol. The summed E-state index contributed by atoms with van der Waals surface area (Å²) in [6.45, 7) is 4.43. The molecule has 0 saturated heterocycles. The van der Waals surface area contributed by atoms with Crippen LogP contribution in [0.2, 0.25) is 0 Å². The first-order valence-corrected chi connectivity index (χ1v) is 3.23. The van der Waals surface area contributed by atoms with Crippen LogP contribution in [-0.2, 0) is 0 Å². The van der Waals surface area contributed by atoms with Crippen molar-refractivity contribution in [3.63, 3.8) is 0 Å². The van der Waals surface area contributed by atoms with Crippen molar-refractivity contribution in [3.8, 4) is 0 Å². The second-order valence-corrected chi connectivity index (χ2v) is 1.87. The first-order valence-electron chi connectivity index (χ1n) is 3.23. The topological polar surface area (TPSA) is 0 Å². The molecule has 0 aliphatic carbocycles. The van der Waals surface area contributed by atoms with Gasteiger partial charge in [0.25, 0.3) is 0 Å². The average Bonchev–Trinajstić information content (AvgIpc) is 1.69. The zero-order chi connectivity index (χ0) is 5.54. The molecule has 0 unspecified atom stereocenters. The highest BCUT2D eigenvalue weighted by Crippen LogP contribution is 1.98. The third-order valence-electron chi connectivity index (χ3n) is 0.986. The molecule has 0 spiro atoms. The van der Waals surface area contributed by atoms with Gasteiger partial charge in [-0.3, -0.25) is 0 Å². The summed E-state index contributed by atoms with van der Waals surface area (Å²) >= 11 is 0. The molecule has 0 bridgehead atoms. The van der Waals surface area contributed by atoms with Gasteiger partial charge in [0, 0.05) is 0 Å². The van der Waals surface area contributed by atoms with Gasteiger partial charge in [-0.25, -0.2) is 0 Å². The summed E-state index contributed by atoms with van der Waals surface area (Å²) in [5.41, 5.74) is 0. The summed E-state index contributed by atoms with van der Waals surface area (Å²) in [7, 11) is 0. The van der Waals surface area contributed by atoms with E-state index in [1.165, 1.54) is 25.7 Å². The summed E-state index contributed by atoms with van der Waals surface area (Å²) in [6.07, 6.45) is 7.57. The van der Waals surface area contributed by atoms with Crippen LogP contribution in [-0.4, -0.2) is 0 Å². The Hall–Kier alpha value is -0.130. The predicted octanol–water partition coefficient (Wildman–Crippen LogP) is 2.79. The summed E-state index contributed by atoms with van der Waals surface area (Å²) in [5.74, 6) is 0. The molecule has 0 aromatic carbocycles. The molecule has 0 saturated carbocycles. The Morgan fingerprint density at radius 2 is 1.43 bits per heavy atom. The van der Waals surface area contributed by atoms with Crippen LogP contribution in [0.15, 0.2) is 0 Å². The molecule has 0 fully saturated rings. The van der Waals surface area contributed by atoms with E-state index in [9.17, 15) is 0 Å². The van der Waals surface area contributed by atoms with E-state index in [1.54, 1.807) is 0 Å². The molecule has 0 atom stereocenters. The Bertz CT molecular complexity index is 19.2. The minimum atomic E-state index is 1.30. The van der Waals surface area contributed by atoms with Crippen LogP contribution in [0.1, 0.15) is 39.5 Å². The Kier molecular flexibility index (Phi) is 5.76. The average molecular weight is 99.2 g/mol. The molecule has 0 aliphatic rings. The lowest BCUT2D eigenvalue weighted by Gasteiger charge is -1.80. The molecule has 0 amide bonds. The normalized spacial score (nSPS) is 8.86. The van der Waals surface area contributed by atoms with Crippen molar-refractivity contribution in [3.05, 3.63) is 6.42 Å². The van der Waals surface area contributed by atoms with Gasteiger partial charge in [0.2, 0.25) is 0 Å². The Labute approximate surface area is 46.9 Å². The molecule has 0 aliphatic heterocycles. The quantitative estimate of drug-likeness (QED) is 0.375. The van der Waals surface area contributed by atoms with Gasteiger partial charge >= 0.3 is 0 Å². The largest absolute Gasteiger partial charge is 0.0872 e. The van der Waals surface area contributed by atoms with Gasteiger partial charge in [0.1, 0.15) is 0 Å². The first-order chi connectivity index (χ1) is 3.41. The van der Waals surface area contributed by atoms with E-state index in [0.717, 1.165) is 0 Å². The molecule has 0 nitrogen and oxygen atoms in total. The Morgan fingerprint density at radius 1 is 1.00 bits per heavy atom. The third kappa shape index (κ3) is 5.87. The van der Waals surface area contributed by atoms with E-state index < -0.39 is 0 Å². The van der Waals surface area contributed by atoms with Gasteiger partial charge < -0.3 is 0 Å². The van der Waals surface area contributed by atoms with Crippen LogP contribution in [0.4, 0.5) is 0 Å². The molecule has 0 heterocycles. The number of hydrogen-bond donors (Lipinski definition) is 0. The maximum Gasteiger partial charge on any atom is 0.0872 e. The summed E-state index contributed by atoms with van der Waals surface area (Å²) in [6, 6.07) is 0. The van der Waals surface area contributed by atoms with Crippen LogP contribution in [0, 0.1) is 6.42 Å². The van der Waals surface area contributed by atoms with Gasteiger partial charge in [-0.2, -0.15) is 0 Å². The maximum atomic E-state index is 2.36. The van der Waals surface area contributed by atoms with Crippen molar-refractivity contribution < 1.29 is 0 Å². The third-order valence-corrected chi connectivity index (χ3v) is 0.986. The van der Waals surface area contributed by atoms with Crippen molar-refractivity contribution in [2.75, 3.05) is 0 Å². The highest BCUT2D eigenvalue weighted by molar-refractivity contribution is 4.60. The predicted molar refractivity (Wildman–Crippen MR) is 34.1 cm³/mol. The Morgan fingerprint density at radius 3 is 1.71 bits per heavy atom. The summed E-state index contributed by atoms with van der Waals surface area (Å²) < 4.78 is 0. The standard InChI is InChI=1S/C7H15/c1-3-5-7-6-4-2/h7H,3-6H2,1-2H3/q+1. The lowest BCUT2D eigenvalue weighted by atomic mass is 10.2. The zero-order valence-corrected chi connectivity index (χ0v) is 5.41. The van der Waals surface area contributed by atoms with Crippen LogP contribution >= 0.6 is 0 Å². The van der Waals surface area contributed by atoms with E-state index in [2.05, 4.69) is 20.3 Å². The van der Waals surface area contributed by atoms with Crippen molar-refractivity contribution in [2.45, 2.75) is 39.5 Å². The molecule has 0 rings (SSSR count). The molecule has 0 aromatic rings. The number of unbranched alkanes of at least 4 members (excludes halogenated alkanes) is 4. The highest BCUT2D eigenvalue weighted by Gasteiger charge is 1.90. The molecule has 0 aromatic heterocycles. The summed E-state index contributed by atoms with van der Waals surface area (Å²) in [4.78, 5) is 0.